The fraction of sp³-hybridized carbons (Fsp3) is 0.190. The van der Waals surface area contributed by atoms with E-state index in [0.29, 0.717) is 10.7 Å². The molecule has 0 unspecified atom stereocenters. The molecule has 0 fully saturated rings. The Morgan fingerprint density at radius 2 is 1.68 bits per heavy atom. The van der Waals surface area contributed by atoms with Gasteiger partial charge in [-0.1, -0.05) is 12.2 Å². The van der Waals surface area contributed by atoms with Crippen LogP contribution in [-0.2, 0) is 10.0 Å². The second kappa shape index (κ2) is 10.8. The second-order valence-electron chi connectivity index (χ2n) is 6.54. The lowest BCUT2D eigenvalue weighted by Gasteiger charge is -2.19. The zero-order chi connectivity index (χ0) is 23.0. The summed E-state index contributed by atoms with van der Waals surface area (Å²) in [5, 5.41) is 8.59. The molecule has 31 heavy (non-hydrogen) atoms. The van der Waals surface area contributed by atoms with Gasteiger partial charge in [-0.25, -0.2) is 13.8 Å². The van der Waals surface area contributed by atoms with Gasteiger partial charge in [0.15, 0.2) is 0 Å². The van der Waals surface area contributed by atoms with Gasteiger partial charge in [-0.15, -0.1) is 24.5 Å². The summed E-state index contributed by atoms with van der Waals surface area (Å²) >= 11 is 1.19. The lowest BCUT2D eigenvalue weighted by atomic mass is 10.2. The molecule has 0 saturated carbocycles. The Bertz CT molecular complexity index is 1090. The minimum absolute atomic E-state index is 0.0525. The van der Waals surface area contributed by atoms with E-state index < -0.39 is 21.8 Å². The van der Waals surface area contributed by atoms with Crippen molar-refractivity contribution in [2.24, 2.45) is 5.10 Å². The standard InChI is InChI=1S/C21H24N4O4S2/c1-5-12-25(13-6-2)31(28,29)17-9-7-16(8-10-17)19(26)22-21-18(11-14-30-21)20(27)24-23-15(3)4/h5-11,14H,1-2,12-13H2,3-4H3,(H,22,26)(H,24,27). The van der Waals surface area contributed by atoms with E-state index in [-0.39, 0.29) is 29.1 Å². The zero-order valence-electron chi connectivity index (χ0n) is 17.3. The van der Waals surface area contributed by atoms with Gasteiger partial charge >= 0.3 is 0 Å². The van der Waals surface area contributed by atoms with Gasteiger partial charge in [0.25, 0.3) is 11.8 Å². The minimum Gasteiger partial charge on any atom is -0.313 e. The lowest BCUT2D eigenvalue weighted by molar-refractivity contribution is 0.0956. The number of carbonyl (C=O) groups excluding carboxylic acids is 2. The summed E-state index contributed by atoms with van der Waals surface area (Å²) in [5.74, 6) is -0.909. The zero-order valence-corrected chi connectivity index (χ0v) is 18.9. The van der Waals surface area contributed by atoms with E-state index in [4.69, 9.17) is 0 Å². The maximum absolute atomic E-state index is 12.8. The number of hydrazone groups is 1. The Hall–Kier alpha value is -3.08. The molecule has 0 bridgehead atoms. The quantitative estimate of drug-likeness (QED) is 0.321. The summed E-state index contributed by atoms with van der Waals surface area (Å²) in [5.41, 5.74) is 3.63. The lowest BCUT2D eigenvalue weighted by Crippen LogP contribution is -2.31. The van der Waals surface area contributed by atoms with Gasteiger partial charge in [-0.2, -0.15) is 9.41 Å². The second-order valence-corrected chi connectivity index (χ2v) is 9.40. The van der Waals surface area contributed by atoms with Gasteiger partial charge in [0, 0.05) is 24.4 Å². The van der Waals surface area contributed by atoms with Crippen molar-refractivity contribution in [1.82, 2.24) is 9.73 Å². The van der Waals surface area contributed by atoms with Crippen LogP contribution in [0.15, 0.2) is 71.0 Å². The van der Waals surface area contributed by atoms with Crippen molar-refractivity contribution in [2.75, 3.05) is 18.4 Å². The van der Waals surface area contributed by atoms with Crippen LogP contribution in [0.4, 0.5) is 5.00 Å². The van der Waals surface area contributed by atoms with E-state index in [1.807, 2.05) is 0 Å². The highest BCUT2D eigenvalue weighted by Crippen LogP contribution is 2.24. The summed E-state index contributed by atoms with van der Waals surface area (Å²) < 4.78 is 26.7. The smallest absolute Gasteiger partial charge is 0.274 e. The summed E-state index contributed by atoms with van der Waals surface area (Å²) in [6.45, 7) is 10.9. The van der Waals surface area contributed by atoms with Crippen LogP contribution in [0.25, 0.3) is 0 Å². The molecule has 164 valence electrons. The minimum atomic E-state index is -3.75. The van der Waals surface area contributed by atoms with E-state index in [1.54, 1.807) is 25.3 Å². The monoisotopic (exact) mass is 460 g/mol. The fourth-order valence-corrected chi connectivity index (χ4v) is 4.63. The maximum atomic E-state index is 12.8. The molecule has 0 aliphatic carbocycles. The normalized spacial score (nSPS) is 10.9. The van der Waals surface area contributed by atoms with Gasteiger partial charge in [0.2, 0.25) is 10.0 Å². The Labute approximate surface area is 186 Å². The van der Waals surface area contributed by atoms with Crippen molar-refractivity contribution >= 4 is 43.9 Å². The molecule has 0 atom stereocenters. The molecule has 0 radical (unpaired) electrons. The number of hydrogen-bond acceptors (Lipinski definition) is 6. The molecule has 1 heterocycles. The third kappa shape index (κ3) is 6.20. The third-order valence-electron chi connectivity index (χ3n) is 3.94. The SMILES string of the molecule is C=CCN(CC=C)S(=O)(=O)c1ccc(C(=O)Nc2sccc2C(=O)NN=C(C)C)cc1. The summed E-state index contributed by atoms with van der Waals surface area (Å²) in [4.78, 5) is 24.9. The maximum Gasteiger partial charge on any atom is 0.274 e. The number of anilines is 1. The van der Waals surface area contributed by atoms with Crippen LogP contribution < -0.4 is 10.7 Å². The van der Waals surface area contributed by atoms with E-state index in [0.717, 1.165) is 0 Å². The van der Waals surface area contributed by atoms with Crippen molar-refractivity contribution in [3.05, 3.63) is 72.1 Å². The molecule has 0 aliphatic rings. The van der Waals surface area contributed by atoms with E-state index in [1.165, 1.54) is 52.1 Å². The number of amides is 2. The molecule has 8 nitrogen and oxygen atoms in total. The molecule has 2 aromatic rings. The topological polar surface area (TPSA) is 108 Å². The molecule has 2 amide bonds. The molecule has 1 aromatic heterocycles. The predicted molar refractivity (Wildman–Crippen MR) is 124 cm³/mol. The number of sulfonamides is 1. The molecular weight excluding hydrogens is 436 g/mol. The summed E-state index contributed by atoms with van der Waals surface area (Å²) in [6, 6.07) is 7.15. The molecule has 2 N–H and O–H groups in total. The Balaban J connectivity index is 2.18. The van der Waals surface area contributed by atoms with Crippen molar-refractivity contribution in [3.8, 4) is 0 Å². The van der Waals surface area contributed by atoms with Crippen molar-refractivity contribution < 1.29 is 18.0 Å². The molecule has 0 spiro atoms. The van der Waals surface area contributed by atoms with Crippen molar-refractivity contribution in [3.63, 3.8) is 0 Å². The largest absolute Gasteiger partial charge is 0.313 e. The van der Waals surface area contributed by atoms with E-state index in [9.17, 15) is 18.0 Å². The highest BCUT2D eigenvalue weighted by molar-refractivity contribution is 7.89. The highest BCUT2D eigenvalue weighted by atomic mass is 32.2. The molecule has 2 rings (SSSR count). The summed E-state index contributed by atoms with van der Waals surface area (Å²) in [7, 11) is -3.75. The number of nitrogens with zero attached hydrogens (tertiary/aromatic N) is 2. The highest BCUT2D eigenvalue weighted by Gasteiger charge is 2.23. The van der Waals surface area contributed by atoms with Gasteiger partial charge in [-0.3, -0.25) is 9.59 Å². The van der Waals surface area contributed by atoms with Gasteiger partial charge in [0.05, 0.1) is 10.5 Å². The first-order valence-electron chi connectivity index (χ1n) is 9.22. The molecule has 0 aliphatic heterocycles. The van der Waals surface area contributed by atoms with Crippen molar-refractivity contribution in [2.45, 2.75) is 18.7 Å². The van der Waals surface area contributed by atoms with Crippen LogP contribution in [0, 0.1) is 0 Å². The predicted octanol–water partition coefficient (Wildman–Crippen LogP) is 3.49. The first kappa shape index (κ1) is 24.2. The van der Waals surface area contributed by atoms with Crippen LogP contribution in [-0.4, -0.2) is 43.3 Å². The van der Waals surface area contributed by atoms with E-state index >= 15 is 0 Å². The van der Waals surface area contributed by atoms with Crippen LogP contribution in [0.2, 0.25) is 0 Å². The molecule has 0 saturated heterocycles. The third-order valence-corrected chi connectivity index (χ3v) is 6.61. The van der Waals surface area contributed by atoms with Crippen LogP contribution in [0.3, 0.4) is 0 Å². The number of thiophene rings is 1. The van der Waals surface area contributed by atoms with Crippen LogP contribution in [0.1, 0.15) is 34.6 Å². The number of rotatable bonds is 10. The van der Waals surface area contributed by atoms with Gasteiger partial charge < -0.3 is 5.32 Å². The number of hydrogen-bond donors (Lipinski definition) is 2. The molecule has 1 aromatic carbocycles. The summed E-state index contributed by atoms with van der Waals surface area (Å²) in [6.07, 6.45) is 2.98. The molecule has 10 heteroatoms. The number of benzene rings is 1. The van der Waals surface area contributed by atoms with Crippen molar-refractivity contribution in [1.29, 1.82) is 0 Å². The molecular formula is C21H24N4O4S2. The van der Waals surface area contributed by atoms with E-state index in [2.05, 4.69) is 29.0 Å². The Morgan fingerprint density at radius 1 is 1.06 bits per heavy atom. The average molecular weight is 461 g/mol. The number of nitrogens with one attached hydrogen (secondary N) is 2. The Kier molecular flexibility index (Phi) is 8.43. The number of carbonyl (C=O) groups is 2. The fourth-order valence-electron chi connectivity index (χ4n) is 2.47. The first-order chi connectivity index (χ1) is 14.7. The average Bonchev–Trinajstić information content (AvgIpc) is 3.20. The van der Waals surface area contributed by atoms with Gasteiger partial charge in [0.1, 0.15) is 5.00 Å². The van der Waals surface area contributed by atoms with Crippen LogP contribution >= 0.6 is 11.3 Å². The Morgan fingerprint density at radius 3 is 2.23 bits per heavy atom. The van der Waals surface area contributed by atoms with Gasteiger partial charge in [-0.05, 0) is 49.6 Å². The first-order valence-corrected chi connectivity index (χ1v) is 11.5. The van der Waals surface area contributed by atoms with Crippen LogP contribution in [0.5, 0.6) is 0 Å².